The Balaban J connectivity index is 2.85. The second-order valence-electron chi connectivity index (χ2n) is 0.906. The van der Waals surface area contributed by atoms with Gasteiger partial charge in [-0.25, -0.2) is 0 Å². The van der Waals surface area contributed by atoms with E-state index in [1.54, 1.807) is 24.8 Å². The Hall–Kier alpha value is 0.137. The average molecular weight is 64.0 g/mol. The van der Waals surface area contributed by atoms with Gasteiger partial charge in [0.25, 0.3) is 0 Å². The molecule has 0 unspecified atom stereocenters. The van der Waals surface area contributed by atoms with E-state index in [2.05, 4.69) is 11.3 Å². The Morgan fingerprint density at radius 2 is 2.20 bits per heavy atom. The summed E-state index contributed by atoms with van der Waals surface area (Å²) in [6.45, 7) is 3.45. The summed E-state index contributed by atoms with van der Waals surface area (Å²) in [5.41, 5.74) is 0. The van der Waals surface area contributed by atoms with Crippen LogP contribution in [0, 0.1) is 0 Å². The zero-order valence-corrected chi connectivity index (χ0v) is 3.62. The van der Waals surface area contributed by atoms with Crippen LogP contribution in [0.2, 0.25) is 0 Å². The summed E-state index contributed by atoms with van der Waals surface area (Å²) in [4.78, 5) is 0. The van der Waals surface area contributed by atoms with Crippen molar-refractivity contribution in [3.05, 3.63) is 11.0 Å². The summed E-state index contributed by atoms with van der Waals surface area (Å²) in [5.74, 6) is 0. The van der Waals surface area contributed by atoms with E-state index in [9.17, 15) is 0 Å². The van der Waals surface area contributed by atoms with Gasteiger partial charge in [-0.2, -0.15) is 0 Å². The summed E-state index contributed by atoms with van der Waals surface area (Å²) in [6.07, 6.45) is 0. The van der Waals surface area contributed by atoms with Gasteiger partial charge in [0.1, 0.15) is 0 Å². The first-order valence-corrected chi connectivity index (χ1v) is 1.47. The van der Waals surface area contributed by atoms with E-state index in [0.29, 0.717) is 0 Å². The van der Waals surface area contributed by atoms with E-state index < -0.39 is 0 Å². The third-order valence-corrected chi connectivity index (χ3v) is 0.348. The molecule has 0 aromatic rings. The van der Waals surface area contributed by atoms with Crippen molar-refractivity contribution < 1.29 is 4.74 Å². The van der Waals surface area contributed by atoms with E-state index in [1.165, 1.54) is 0 Å². The molecule has 0 aliphatic rings. The summed E-state index contributed by atoms with van der Waals surface area (Å²) in [6, 6.07) is 0. The molecule has 0 rings (SSSR count). The van der Waals surface area contributed by atoms with Crippen LogP contribution in [0.15, 0.2) is 11.0 Å². The van der Waals surface area contributed by atoms with Gasteiger partial charge in [0.05, 0.1) is 0 Å². The second kappa shape index (κ2) is 2.38. The molecular weight excluding hydrogens is 59.0 g/mol. The summed E-state index contributed by atoms with van der Waals surface area (Å²) < 4.78 is 5.31. The molecule has 0 heterocycles. The van der Waals surface area contributed by atoms with Crippen molar-refractivity contribution in [3.8, 4) is 0 Å². The van der Waals surface area contributed by atoms with Crippen LogP contribution in [0.3, 0.4) is 0 Å². The van der Waals surface area contributed by atoms with E-state index in [0.717, 1.165) is 4.43 Å². The van der Waals surface area contributed by atoms with Gasteiger partial charge in [-0.3, -0.25) is 0 Å². The summed E-state index contributed by atoms with van der Waals surface area (Å²) in [7, 11) is 1.60. The Kier molecular flexibility index (Phi) is 2.44. The summed E-state index contributed by atoms with van der Waals surface area (Å²) in [5, 5.41) is 0. The molecule has 0 radical (unpaired) electrons. The van der Waals surface area contributed by atoms with Gasteiger partial charge < -0.3 is 0 Å². The fraction of sp³-hybridized carbons (Fsp3) is 0.333. The standard InChI is InChI=1S/C3H5O.Li/c1-3-4-2;/h1H2,2H3;. The van der Waals surface area contributed by atoms with Crippen LogP contribution >= 0.6 is 0 Å². The Morgan fingerprint density at radius 1 is 2.00 bits per heavy atom. The minimum absolute atomic E-state index is 0.755. The molecule has 0 bridgehead atoms. The number of hydrogen-bond donors (Lipinski definition) is 0. The molecule has 0 atom stereocenters. The summed E-state index contributed by atoms with van der Waals surface area (Å²) >= 11 is 1.81. The topological polar surface area (TPSA) is 9.23 Å². The van der Waals surface area contributed by atoms with Gasteiger partial charge in [0, 0.05) is 0 Å². The zero-order chi connectivity index (χ0) is 4.28. The maximum absolute atomic E-state index is 4.56. The van der Waals surface area contributed by atoms with Gasteiger partial charge in [-0.05, 0) is 0 Å². The number of methoxy groups -OCH3 is 1. The molecule has 0 aromatic heterocycles. The Morgan fingerprint density at radius 3 is 2.20 bits per heavy atom. The minimum atomic E-state index is 0.755. The van der Waals surface area contributed by atoms with Crippen LogP contribution in [-0.4, -0.2) is 24.8 Å². The van der Waals surface area contributed by atoms with Gasteiger partial charge in [-0.15, -0.1) is 0 Å². The quantitative estimate of drug-likeness (QED) is 0.314. The van der Waals surface area contributed by atoms with Crippen molar-refractivity contribution in [2.24, 2.45) is 0 Å². The van der Waals surface area contributed by atoms with Crippen molar-refractivity contribution in [2.75, 3.05) is 7.11 Å². The van der Waals surface area contributed by atoms with Crippen molar-refractivity contribution in [1.82, 2.24) is 0 Å². The fourth-order valence-electron chi connectivity index (χ4n) is 0. The normalized spacial score (nSPS) is 7.00. The zero-order valence-electron chi connectivity index (χ0n) is 3.62. The third kappa shape index (κ3) is 4.14. The predicted octanol–water partition coefficient (Wildman–Crippen LogP) is 0.272. The molecule has 2 heteroatoms. The van der Waals surface area contributed by atoms with Crippen LogP contribution in [0.4, 0.5) is 0 Å². The first-order valence-electron chi connectivity index (χ1n) is 1.47. The van der Waals surface area contributed by atoms with E-state index >= 15 is 0 Å². The van der Waals surface area contributed by atoms with Gasteiger partial charge in [0.2, 0.25) is 0 Å². The molecule has 0 amide bonds. The SMILES string of the molecule is [Li][C](=C)OC. The van der Waals surface area contributed by atoms with Crippen LogP contribution in [0.1, 0.15) is 0 Å². The van der Waals surface area contributed by atoms with Crippen molar-refractivity contribution >= 4 is 17.7 Å². The molecule has 0 aliphatic heterocycles. The number of rotatable bonds is 1. The molecule has 0 N–H and O–H groups in total. The molecule has 1 nitrogen and oxygen atoms in total. The van der Waals surface area contributed by atoms with Gasteiger partial charge in [-0.1, -0.05) is 0 Å². The molecule has 24 valence electrons. The molecule has 0 saturated carbocycles. The van der Waals surface area contributed by atoms with Gasteiger partial charge >= 0.3 is 40.6 Å². The maximum atomic E-state index is 4.56. The molecule has 0 aromatic carbocycles. The first kappa shape index (κ1) is 5.14. The molecular formula is C3H5LiO. The number of ether oxygens (including phenoxy) is 1. The predicted molar refractivity (Wildman–Crippen MR) is 21.9 cm³/mol. The van der Waals surface area contributed by atoms with E-state index in [1.807, 2.05) is 0 Å². The van der Waals surface area contributed by atoms with Crippen LogP contribution in [0.5, 0.6) is 0 Å². The Bertz CT molecular complexity index is 42.2. The number of hydrogen-bond acceptors (Lipinski definition) is 1. The van der Waals surface area contributed by atoms with Gasteiger partial charge in [0.15, 0.2) is 0 Å². The molecule has 0 aliphatic carbocycles. The van der Waals surface area contributed by atoms with Crippen molar-refractivity contribution in [1.29, 1.82) is 0 Å². The average Bonchev–Trinajstić information content (AvgIpc) is 1.38. The van der Waals surface area contributed by atoms with Crippen molar-refractivity contribution in [2.45, 2.75) is 0 Å². The first-order chi connectivity index (χ1) is 2.27. The third-order valence-electron chi connectivity index (χ3n) is 0.348. The Labute approximate surface area is 41.2 Å². The van der Waals surface area contributed by atoms with Crippen molar-refractivity contribution in [3.63, 3.8) is 0 Å². The molecule has 0 spiro atoms. The fourth-order valence-corrected chi connectivity index (χ4v) is 0. The molecule has 5 heavy (non-hydrogen) atoms. The monoisotopic (exact) mass is 64.1 g/mol. The molecule has 0 saturated heterocycles. The molecule has 0 fully saturated rings. The second-order valence-corrected chi connectivity index (χ2v) is 0.906. The van der Waals surface area contributed by atoms with E-state index in [-0.39, 0.29) is 0 Å². The van der Waals surface area contributed by atoms with Crippen LogP contribution in [0.25, 0.3) is 0 Å². The van der Waals surface area contributed by atoms with E-state index in [4.69, 9.17) is 0 Å². The van der Waals surface area contributed by atoms with Crippen LogP contribution in [-0.2, 0) is 4.74 Å². The van der Waals surface area contributed by atoms with Crippen LogP contribution < -0.4 is 0 Å².